The molecule has 2 aromatic carbocycles. The highest BCUT2D eigenvalue weighted by atomic mass is 32.1. The van der Waals surface area contributed by atoms with Gasteiger partial charge in [-0.25, -0.2) is 4.98 Å². The van der Waals surface area contributed by atoms with E-state index in [1.54, 1.807) is 43.6 Å². The quantitative estimate of drug-likeness (QED) is 0.511. The normalized spacial score (nSPS) is 11.7. The summed E-state index contributed by atoms with van der Waals surface area (Å²) in [4.78, 5) is 29.1. The van der Waals surface area contributed by atoms with E-state index < -0.39 is 6.04 Å². The number of nitrogens with one attached hydrogen (secondary N) is 1. The van der Waals surface area contributed by atoms with Gasteiger partial charge in [-0.3, -0.25) is 9.59 Å². The molecule has 0 saturated heterocycles. The molecule has 1 heterocycles. The monoisotopic (exact) mass is 424 g/mol. The van der Waals surface area contributed by atoms with Gasteiger partial charge in [0.05, 0.1) is 29.8 Å². The van der Waals surface area contributed by atoms with Gasteiger partial charge in [0.2, 0.25) is 0 Å². The van der Waals surface area contributed by atoms with E-state index in [-0.39, 0.29) is 24.4 Å². The van der Waals surface area contributed by atoms with Crippen LogP contribution in [0.2, 0.25) is 0 Å². The third kappa shape index (κ3) is 6.42. The van der Waals surface area contributed by atoms with Crippen molar-refractivity contribution in [3.8, 4) is 5.75 Å². The lowest BCUT2D eigenvalue weighted by Gasteiger charge is -2.19. The number of benzene rings is 2. The third-order valence-corrected chi connectivity index (χ3v) is 4.87. The molecule has 1 aromatic heterocycles. The van der Waals surface area contributed by atoms with Crippen LogP contribution in [0.4, 0.5) is 0 Å². The fourth-order valence-electron chi connectivity index (χ4n) is 2.83. The van der Waals surface area contributed by atoms with Crippen LogP contribution in [0.5, 0.6) is 5.75 Å². The molecule has 0 aliphatic heterocycles. The summed E-state index contributed by atoms with van der Waals surface area (Å²) in [6, 6.07) is 15.8. The standard InChI is InChI=1S/C23H24N2O4S/c1-16(2)29-22(26)12-21(17-6-4-3-5-7-17)25-23(27)18-8-10-20(11-9-18)28-13-19-14-30-15-24-19/h3-11,14-16,21H,12-13H2,1-2H3,(H,25,27). The molecule has 0 fully saturated rings. The van der Waals surface area contributed by atoms with Crippen molar-refractivity contribution in [2.75, 3.05) is 0 Å². The first-order valence-electron chi connectivity index (χ1n) is 9.66. The van der Waals surface area contributed by atoms with Gasteiger partial charge in [-0.1, -0.05) is 30.3 Å². The molecule has 7 heteroatoms. The van der Waals surface area contributed by atoms with Crippen LogP contribution in [0, 0.1) is 0 Å². The minimum absolute atomic E-state index is 0.0583. The predicted molar refractivity (Wildman–Crippen MR) is 115 cm³/mol. The van der Waals surface area contributed by atoms with E-state index in [0.29, 0.717) is 17.9 Å². The first-order valence-corrected chi connectivity index (χ1v) is 10.6. The molecular formula is C23H24N2O4S. The summed E-state index contributed by atoms with van der Waals surface area (Å²) in [7, 11) is 0. The van der Waals surface area contributed by atoms with Gasteiger partial charge in [0.25, 0.3) is 5.91 Å². The van der Waals surface area contributed by atoms with Crippen LogP contribution in [0.1, 0.15) is 47.9 Å². The van der Waals surface area contributed by atoms with Crippen molar-refractivity contribution in [1.82, 2.24) is 10.3 Å². The molecule has 1 N–H and O–H groups in total. The number of thiazole rings is 1. The Hall–Kier alpha value is -3.19. The molecule has 30 heavy (non-hydrogen) atoms. The Labute approximate surface area is 179 Å². The molecule has 0 radical (unpaired) electrons. The number of hydrogen-bond acceptors (Lipinski definition) is 6. The molecule has 6 nitrogen and oxygen atoms in total. The van der Waals surface area contributed by atoms with Gasteiger partial charge in [0.1, 0.15) is 12.4 Å². The van der Waals surface area contributed by atoms with Crippen molar-refractivity contribution in [2.45, 2.75) is 39.0 Å². The van der Waals surface area contributed by atoms with Gasteiger partial charge in [0.15, 0.2) is 0 Å². The van der Waals surface area contributed by atoms with Crippen LogP contribution >= 0.6 is 11.3 Å². The minimum Gasteiger partial charge on any atom is -0.487 e. The fourth-order valence-corrected chi connectivity index (χ4v) is 3.37. The van der Waals surface area contributed by atoms with Gasteiger partial charge in [-0.05, 0) is 43.7 Å². The second-order valence-corrected chi connectivity index (χ2v) is 7.69. The Morgan fingerprint density at radius 2 is 1.80 bits per heavy atom. The van der Waals surface area contributed by atoms with Crippen molar-refractivity contribution < 1.29 is 19.1 Å². The number of amides is 1. The summed E-state index contributed by atoms with van der Waals surface area (Å²) in [5.41, 5.74) is 3.94. The number of aromatic nitrogens is 1. The molecule has 0 spiro atoms. The predicted octanol–water partition coefficient (Wildman–Crippen LogP) is 4.53. The summed E-state index contributed by atoms with van der Waals surface area (Å²) >= 11 is 1.52. The molecule has 1 amide bonds. The second-order valence-electron chi connectivity index (χ2n) is 6.97. The zero-order chi connectivity index (χ0) is 21.3. The molecule has 156 valence electrons. The molecule has 1 atom stereocenters. The Bertz CT molecular complexity index is 941. The zero-order valence-corrected chi connectivity index (χ0v) is 17.7. The first-order chi connectivity index (χ1) is 14.5. The third-order valence-electron chi connectivity index (χ3n) is 4.23. The van der Waals surface area contributed by atoms with E-state index >= 15 is 0 Å². The van der Waals surface area contributed by atoms with E-state index in [0.717, 1.165) is 11.3 Å². The number of ether oxygens (including phenoxy) is 2. The molecule has 1 unspecified atom stereocenters. The van der Waals surface area contributed by atoms with Crippen LogP contribution < -0.4 is 10.1 Å². The molecule has 0 bridgehead atoms. The van der Waals surface area contributed by atoms with E-state index in [2.05, 4.69) is 10.3 Å². The number of carbonyl (C=O) groups excluding carboxylic acids is 2. The average molecular weight is 425 g/mol. The maximum absolute atomic E-state index is 12.8. The van der Waals surface area contributed by atoms with Crippen LogP contribution in [-0.2, 0) is 16.1 Å². The van der Waals surface area contributed by atoms with Crippen LogP contribution in [-0.4, -0.2) is 23.0 Å². The Morgan fingerprint density at radius 3 is 2.43 bits per heavy atom. The van der Waals surface area contributed by atoms with Gasteiger partial charge in [0, 0.05) is 10.9 Å². The van der Waals surface area contributed by atoms with Gasteiger partial charge >= 0.3 is 5.97 Å². The molecular weight excluding hydrogens is 400 g/mol. The van der Waals surface area contributed by atoms with E-state index in [1.165, 1.54) is 11.3 Å². The van der Waals surface area contributed by atoms with Gasteiger partial charge in [-0.15, -0.1) is 11.3 Å². The topological polar surface area (TPSA) is 77.5 Å². The largest absolute Gasteiger partial charge is 0.487 e. The molecule has 0 saturated carbocycles. The summed E-state index contributed by atoms with van der Waals surface area (Å²) < 4.78 is 10.9. The molecule has 0 aliphatic carbocycles. The molecule has 3 aromatic rings. The first kappa shape index (κ1) is 21.5. The van der Waals surface area contributed by atoms with Crippen molar-refractivity contribution in [1.29, 1.82) is 0 Å². The zero-order valence-electron chi connectivity index (χ0n) is 16.9. The fraction of sp³-hybridized carbons (Fsp3) is 0.261. The van der Waals surface area contributed by atoms with Crippen molar-refractivity contribution in [3.63, 3.8) is 0 Å². The minimum atomic E-state index is -0.481. The van der Waals surface area contributed by atoms with Crippen LogP contribution in [0.3, 0.4) is 0 Å². The Kier molecular flexibility index (Phi) is 7.57. The van der Waals surface area contributed by atoms with Crippen molar-refractivity contribution >= 4 is 23.2 Å². The number of hydrogen-bond donors (Lipinski definition) is 1. The highest BCUT2D eigenvalue weighted by Crippen LogP contribution is 2.20. The Morgan fingerprint density at radius 1 is 1.07 bits per heavy atom. The summed E-state index contributed by atoms with van der Waals surface area (Å²) in [5.74, 6) is 0.0249. The number of esters is 1. The van der Waals surface area contributed by atoms with Crippen LogP contribution in [0.15, 0.2) is 65.5 Å². The smallest absolute Gasteiger partial charge is 0.308 e. The second kappa shape index (κ2) is 10.5. The lowest BCUT2D eigenvalue weighted by atomic mass is 10.0. The summed E-state index contributed by atoms with van der Waals surface area (Å²) in [6.07, 6.45) is -0.149. The lowest BCUT2D eigenvalue weighted by molar-refractivity contribution is -0.147. The number of rotatable bonds is 9. The van der Waals surface area contributed by atoms with Gasteiger partial charge < -0.3 is 14.8 Å². The summed E-state index contributed by atoms with van der Waals surface area (Å²) in [5, 5.41) is 4.86. The van der Waals surface area contributed by atoms with Crippen LogP contribution in [0.25, 0.3) is 0 Å². The van der Waals surface area contributed by atoms with E-state index in [1.807, 2.05) is 35.7 Å². The maximum atomic E-state index is 12.8. The summed E-state index contributed by atoms with van der Waals surface area (Å²) in [6.45, 7) is 3.97. The SMILES string of the molecule is CC(C)OC(=O)CC(NC(=O)c1ccc(OCc2cscn2)cc1)c1ccccc1. The maximum Gasteiger partial charge on any atom is 0.308 e. The van der Waals surface area contributed by atoms with E-state index in [4.69, 9.17) is 9.47 Å². The molecule has 0 aliphatic rings. The Balaban J connectivity index is 1.64. The number of nitrogens with zero attached hydrogens (tertiary/aromatic N) is 1. The van der Waals surface area contributed by atoms with E-state index in [9.17, 15) is 9.59 Å². The van der Waals surface area contributed by atoms with Crippen molar-refractivity contribution in [3.05, 3.63) is 82.3 Å². The van der Waals surface area contributed by atoms with Crippen molar-refractivity contribution in [2.24, 2.45) is 0 Å². The average Bonchev–Trinajstić information content (AvgIpc) is 3.26. The van der Waals surface area contributed by atoms with Gasteiger partial charge in [-0.2, -0.15) is 0 Å². The highest BCUT2D eigenvalue weighted by molar-refractivity contribution is 7.07. The highest BCUT2D eigenvalue weighted by Gasteiger charge is 2.20. The molecule has 3 rings (SSSR count). The number of carbonyl (C=O) groups is 2. The lowest BCUT2D eigenvalue weighted by Crippen LogP contribution is -2.31.